The van der Waals surface area contributed by atoms with E-state index in [2.05, 4.69) is 5.16 Å². The van der Waals surface area contributed by atoms with E-state index in [1.54, 1.807) is 13.1 Å². The topological polar surface area (TPSA) is 83.6 Å². The van der Waals surface area contributed by atoms with Gasteiger partial charge in [-0.05, 0) is 17.9 Å². The minimum absolute atomic E-state index is 0.0386. The average Bonchev–Trinajstić information content (AvgIpc) is 3.07. The van der Waals surface area contributed by atoms with Gasteiger partial charge in [0.15, 0.2) is 11.5 Å². The molecule has 0 saturated carbocycles. The van der Waals surface area contributed by atoms with Crippen LogP contribution < -0.4 is 0 Å². The summed E-state index contributed by atoms with van der Waals surface area (Å²) in [4.78, 5) is 24.8. The van der Waals surface area contributed by atoms with E-state index in [-0.39, 0.29) is 18.0 Å². The summed E-state index contributed by atoms with van der Waals surface area (Å²) < 4.78 is 5.14. The molecule has 0 saturated heterocycles. The molecule has 1 amide bonds. The number of aromatic nitrogens is 1. The van der Waals surface area contributed by atoms with Crippen LogP contribution in [0.15, 0.2) is 28.1 Å². The smallest absolute Gasteiger partial charge is 0.303 e. The third kappa shape index (κ3) is 3.45. The molecule has 2 rings (SSSR count). The summed E-state index contributed by atoms with van der Waals surface area (Å²) in [6.07, 6.45) is 0.448. The van der Waals surface area contributed by atoms with Crippen molar-refractivity contribution in [2.45, 2.75) is 12.8 Å². The zero-order chi connectivity index (χ0) is 14.5. The number of thiophene rings is 1. The molecular weight excluding hydrogens is 280 g/mol. The lowest BCUT2D eigenvalue weighted by Gasteiger charge is -2.14. The highest BCUT2D eigenvalue weighted by Crippen LogP contribution is 2.25. The molecule has 0 unspecified atom stereocenters. The minimum atomic E-state index is -0.868. The Kier molecular flexibility index (Phi) is 4.52. The van der Waals surface area contributed by atoms with E-state index in [1.165, 1.54) is 16.2 Å². The summed E-state index contributed by atoms with van der Waals surface area (Å²) in [6.45, 7) is 0.367. The van der Waals surface area contributed by atoms with Crippen LogP contribution in [0.25, 0.3) is 10.6 Å². The maximum atomic E-state index is 12.1. The van der Waals surface area contributed by atoms with E-state index < -0.39 is 5.97 Å². The van der Waals surface area contributed by atoms with Crippen molar-refractivity contribution in [3.63, 3.8) is 0 Å². The summed E-state index contributed by atoms with van der Waals surface area (Å²) >= 11 is 1.50. The Morgan fingerprint density at radius 1 is 1.50 bits per heavy atom. The standard InChI is InChI=1S/C13H14N2O4S/c1-15(6-2-5-12(16)17)13(18)9-8-10(19-14-9)11-4-3-7-20-11/h3-4,7-8H,2,5-6H2,1H3,(H,16,17). The van der Waals surface area contributed by atoms with Crippen molar-refractivity contribution < 1.29 is 19.2 Å². The molecule has 6 nitrogen and oxygen atoms in total. The Morgan fingerprint density at radius 2 is 2.30 bits per heavy atom. The van der Waals surface area contributed by atoms with Crippen LogP contribution in [0.5, 0.6) is 0 Å². The van der Waals surface area contributed by atoms with Gasteiger partial charge in [-0.1, -0.05) is 11.2 Å². The zero-order valence-electron chi connectivity index (χ0n) is 10.9. The van der Waals surface area contributed by atoms with Crippen molar-refractivity contribution in [3.8, 4) is 10.6 Å². The van der Waals surface area contributed by atoms with Crippen LogP contribution in [-0.2, 0) is 4.79 Å². The number of hydrogen-bond donors (Lipinski definition) is 1. The summed E-state index contributed by atoms with van der Waals surface area (Å²) in [7, 11) is 1.61. The Morgan fingerprint density at radius 3 is 2.95 bits per heavy atom. The predicted molar refractivity (Wildman–Crippen MR) is 73.6 cm³/mol. The number of carboxylic acids is 1. The first kappa shape index (κ1) is 14.3. The highest BCUT2D eigenvalue weighted by Gasteiger charge is 2.17. The highest BCUT2D eigenvalue weighted by atomic mass is 32.1. The van der Waals surface area contributed by atoms with Gasteiger partial charge in [0.25, 0.3) is 5.91 Å². The maximum Gasteiger partial charge on any atom is 0.303 e. The molecule has 1 N–H and O–H groups in total. The number of hydrogen-bond acceptors (Lipinski definition) is 5. The van der Waals surface area contributed by atoms with E-state index in [4.69, 9.17) is 9.63 Å². The summed E-state index contributed by atoms with van der Waals surface area (Å²) in [6, 6.07) is 5.37. The van der Waals surface area contributed by atoms with Crippen molar-refractivity contribution in [3.05, 3.63) is 29.3 Å². The van der Waals surface area contributed by atoms with Gasteiger partial charge in [0.1, 0.15) is 0 Å². The molecule has 0 atom stereocenters. The SMILES string of the molecule is CN(CCCC(=O)O)C(=O)c1cc(-c2cccs2)on1. The quantitative estimate of drug-likeness (QED) is 0.884. The lowest BCUT2D eigenvalue weighted by atomic mass is 10.2. The van der Waals surface area contributed by atoms with Crippen molar-refractivity contribution in [2.75, 3.05) is 13.6 Å². The van der Waals surface area contributed by atoms with E-state index in [0.29, 0.717) is 18.7 Å². The second kappa shape index (κ2) is 6.33. The van der Waals surface area contributed by atoms with E-state index in [1.807, 2.05) is 17.5 Å². The fourth-order valence-electron chi connectivity index (χ4n) is 1.68. The molecule has 0 radical (unpaired) electrons. The van der Waals surface area contributed by atoms with Gasteiger partial charge >= 0.3 is 5.97 Å². The van der Waals surface area contributed by atoms with Crippen molar-refractivity contribution in [2.24, 2.45) is 0 Å². The molecule has 2 aromatic rings. The minimum Gasteiger partial charge on any atom is -0.481 e. The average molecular weight is 294 g/mol. The molecule has 20 heavy (non-hydrogen) atoms. The summed E-state index contributed by atoms with van der Waals surface area (Å²) in [5.74, 6) is -0.587. The number of aliphatic carboxylic acids is 1. The molecule has 7 heteroatoms. The van der Waals surface area contributed by atoms with Crippen LogP contribution in [0.1, 0.15) is 23.3 Å². The second-order valence-electron chi connectivity index (χ2n) is 4.28. The fraction of sp³-hybridized carbons (Fsp3) is 0.308. The number of carbonyl (C=O) groups is 2. The molecule has 0 aliphatic heterocycles. The molecule has 0 aliphatic rings. The number of amides is 1. The predicted octanol–water partition coefficient (Wildman–Crippen LogP) is 2.34. The van der Waals surface area contributed by atoms with Crippen LogP contribution in [0.2, 0.25) is 0 Å². The molecule has 0 aliphatic carbocycles. The summed E-state index contributed by atoms with van der Waals surface area (Å²) in [5.41, 5.74) is 0.228. The zero-order valence-corrected chi connectivity index (χ0v) is 11.7. The van der Waals surface area contributed by atoms with Crippen LogP contribution in [0.4, 0.5) is 0 Å². The number of nitrogens with zero attached hydrogens (tertiary/aromatic N) is 2. The largest absolute Gasteiger partial charge is 0.481 e. The second-order valence-corrected chi connectivity index (χ2v) is 5.23. The van der Waals surface area contributed by atoms with Gasteiger partial charge in [-0.3, -0.25) is 9.59 Å². The Hall–Kier alpha value is -2.15. The molecule has 0 fully saturated rings. The van der Waals surface area contributed by atoms with Crippen LogP contribution in [0, 0.1) is 0 Å². The number of carboxylic acid groups (broad SMARTS) is 1. The number of rotatable bonds is 6. The monoisotopic (exact) mass is 294 g/mol. The first-order chi connectivity index (χ1) is 9.58. The van der Waals surface area contributed by atoms with Crippen LogP contribution in [0.3, 0.4) is 0 Å². The summed E-state index contributed by atoms with van der Waals surface area (Å²) in [5, 5.41) is 14.2. The lowest BCUT2D eigenvalue weighted by Crippen LogP contribution is -2.28. The normalized spacial score (nSPS) is 10.4. The van der Waals surface area contributed by atoms with Gasteiger partial charge in [0, 0.05) is 26.1 Å². The van der Waals surface area contributed by atoms with Crippen LogP contribution >= 0.6 is 11.3 Å². The van der Waals surface area contributed by atoms with Gasteiger partial charge in [0.05, 0.1) is 4.88 Å². The lowest BCUT2D eigenvalue weighted by molar-refractivity contribution is -0.137. The molecule has 0 bridgehead atoms. The van der Waals surface area contributed by atoms with Gasteiger partial charge in [-0.25, -0.2) is 0 Å². The Labute approximate surface area is 119 Å². The van der Waals surface area contributed by atoms with Crippen LogP contribution in [-0.4, -0.2) is 40.6 Å². The Balaban J connectivity index is 1.97. The van der Waals surface area contributed by atoms with E-state index in [0.717, 1.165) is 4.88 Å². The van der Waals surface area contributed by atoms with Gasteiger partial charge in [0.2, 0.25) is 0 Å². The van der Waals surface area contributed by atoms with E-state index in [9.17, 15) is 9.59 Å². The molecular formula is C13H14N2O4S. The Bertz CT molecular complexity index is 591. The van der Waals surface area contributed by atoms with Crippen molar-refractivity contribution >= 4 is 23.2 Å². The third-order valence-electron chi connectivity index (χ3n) is 2.72. The molecule has 2 heterocycles. The first-order valence-electron chi connectivity index (χ1n) is 6.06. The van der Waals surface area contributed by atoms with Gasteiger partial charge in [-0.15, -0.1) is 11.3 Å². The molecule has 2 aromatic heterocycles. The number of carbonyl (C=O) groups excluding carboxylic acids is 1. The van der Waals surface area contributed by atoms with Gasteiger partial charge < -0.3 is 14.5 Å². The molecule has 0 aromatic carbocycles. The molecule has 0 spiro atoms. The van der Waals surface area contributed by atoms with Crippen molar-refractivity contribution in [1.29, 1.82) is 0 Å². The van der Waals surface area contributed by atoms with Crippen molar-refractivity contribution in [1.82, 2.24) is 10.1 Å². The maximum absolute atomic E-state index is 12.1. The van der Waals surface area contributed by atoms with Gasteiger partial charge in [-0.2, -0.15) is 0 Å². The highest BCUT2D eigenvalue weighted by molar-refractivity contribution is 7.13. The fourth-order valence-corrected chi connectivity index (χ4v) is 2.35. The third-order valence-corrected chi connectivity index (χ3v) is 3.61. The molecule has 106 valence electrons. The first-order valence-corrected chi connectivity index (χ1v) is 6.93. The van der Waals surface area contributed by atoms with E-state index >= 15 is 0 Å².